The van der Waals surface area contributed by atoms with E-state index >= 15 is 0 Å². The van der Waals surface area contributed by atoms with E-state index in [9.17, 15) is 14.9 Å². The van der Waals surface area contributed by atoms with E-state index in [0.29, 0.717) is 23.9 Å². The molecule has 1 aliphatic rings. The number of hydrogen-bond donors (Lipinski definition) is 2. The van der Waals surface area contributed by atoms with Gasteiger partial charge in [0.2, 0.25) is 0 Å². The zero-order valence-corrected chi connectivity index (χ0v) is 17.8. The molecule has 7 heteroatoms. The first-order valence-electron chi connectivity index (χ1n) is 9.87. The molecule has 1 amide bonds. The number of carbonyl (C=O) groups is 1. The first-order chi connectivity index (χ1) is 13.7. The van der Waals surface area contributed by atoms with Gasteiger partial charge in [0.15, 0.2) is 0 Å². The Bertz CT molecular complexity index is 869. The molecule has 0 spiro atoms. The molecule has 0 radical (unpaired) electrons. The zero-order chi connectivity index (χ0) is 21.6. The van der Waals surface area contributed by atoms with Crippen molar-refractivity contribution in [1.82, 2.24) is 5.43 Å². The molecule has 0 bridgehead atoms. The van der Waals surface area contributed by atoms with Gasteiger partial charge in [0.25, 0.3) is 11.6 Å². The Hall–Kier alpha value is -2.96. The first kappa shape index (κ1) is 22.3. The van der Waals surface area contributed by atoms with Crippen LogP contribution < -0.4 is 10.7 Å². The van der Waals surface area contributed by atoms with Gasteiger partial charge >= 0.3 is 0 Å². The number of rotatable bonds is 7. The number of carbonyl (C=O) groups excluding carboxylic acids is 1. The second kappa shape index (κ2) is 9.49. The summed E-state index contributed by atoms with van der Waals surface area (Å²) in [6.07, 6.45) is 8.55. The van der Waals surface area contributed by atoms with Crippen molar-refractivity contribution in [2.75, 3.05) is 11.9 Å². The van der Waals surface area contributed by atoms with Gasteiger partial charge in [-0.2, -0.15) is 5.10 Å². The maximum Gasteiger partial charge on any atom is 0.293 e. The molecule has 0 saturated heterocycles. The Morgan fingerprint density at radius 1 is 1.41 bits per heavy atom. The van der Waals surface area contributed by atoms with E-state index in [-0.39, 0.29) is 16.7 Å². The number of hydrogen-bond acceptors (Lipinski definition) is 5. The van der Waals surface area contributed by atoms with Crippen molar-refractivity contribution in [3.63, 3.8) is 0 Å². The summed E-state index contributed by atoms with van der Waals surface area (Å²) in [5, 5.41) is 18.3. The highest BCUT2D eigenvalue weighted by Crippen LogP contribution is 2.41. The third kappa shape index (κ3) is 5.76. The van der Waals surface area contributed by atoms with Gasteiger partial charge < -0.3 is 5.32 Å². The Morgan fingerprint density at radius 2 is 2.14 bits per heavy atom. The number of allylic oxidation sites excluding steroid dienone is 4. The van der Waals surface area contributed by atoms with Crippen LogP contribution in [0.1, 0.15) is 57.8 Å². The van der Waals surface area contributed by atoms with Crippen LogP contribution in [0.5, 0.6) is 0 Å². The van der Waals surface area contributed by atoms with Crippen LogP contribution in [0.4, 0.5) is 11.4 Å². The van der Waals surface area contributed by atoms with E-state index in [1.54, 1.807) is 6.07 Å². The monoisotopic (exact) mass is 398 g/mol. The summed E-state index contributed by atoms with van der Waals surface area (Å²) >= 11 is 0. The molecule has 0 heterocycles. The Kier molecular flexibility index (Phi) is 7.31. The van der Waals surface area contributed by atoms with Crippen molar-refractivity contribution in [3.8, 4) is 0 Å². The summed E-state index contributed by atoms with van der Waals surface area (Å²) in [4.78, 5) is 23.1. The summed E-state index contributed by atoms with van der Waals surface area (Å²) in [5.41, 5.74) is 5.10. The molecule has 1 aliphatic carbocycles. The van der Waals surface area contributed by atoms with Gasteiger partial charge in [-0.1, -0.05) is 31.6 Å². The smallest absolute Gasteiger partial charge is 0.293 e. The average molecular weight is 399 g/mol. The fourth-order valence-corrected chi connectivity index (χ4v) is 3.62. The molecule has 1 atom stereocenters. The standard InChI is InChI=1S/C22H30N4O3/c1-6-23-19-12-10-17(14-20(19)26(28)29)21(27)25-24-16(3)9-11-18-15(2)8-7-13-22(18,4)5/h8-12,14,18,23H,6-7,13H2,1-5H3,(H,25,27)/b11-9+,24-16-/t18-/m1/s1. The number of benzene rings is 1. The molecule has 1 aromatic rings. The van der Waals surface area contributed by atoms with E-state index < -0.39 is 10.8 Å². The highest BCUT2D eigenvalue weighted by Gasteiger charge is 2.30. The lowest BCUT2D eigenvalue weighted by Gasteiger charge is -2.36. The third-order valence-electron chi connectivity index (χ3n) is 5.27. The van der Waals surface area contributed by atoms with E-state index in [1.165, 1.54) is 17.7 Å². The lowest BCUT2D eigenvalue weighted by Crippen LogP contribution is -2.26. The van der Waals surface area contributed by atoms with Crippen LogP contribution in [-0.4, -0.2) is 23.1 Å². The van der Waals surface area contributed by atoms with Crippen molar-refractivity contribution in [2.24, 2.45) is 16.4 Å². The SMILES string of the molecule is CCNc1ccc(C(=O)N/N=C(C)\C=C\[C@@H]2C(C)=CCCC2(C)C)cc1[N+](=O)[O-]. The van der Waals surface area contributed by atoms with Gasteiger partial charge in [0.05, 0.1) is 10.6 Å². The van der Waals surface area contributed by atoms with Crippen molar-refractivity contribution in [2.45, 2.75) is 47.5 Å². The van der Waals surface area contributed by atoms with Crippen LogP contribution in [0.15, 0.2) is 47.1 Å². The maximum absolute atomic E-state index is 12.4. The first-order valence-corrected chi connectivity index (χ1v) is 9.87. The Labute approximate surface area is 172 Å². The number of nitrogens with one attached hydrogen (secondary N) is 2. The van der Waals surface area contributed by atoms with Gasteiger partial charge in [0, 0.05) is 24.1 Å². The second-order valence-corrected chi connectivity index (χ2v) is 8.03. The molecule has 0 aromatic heterocycles. The van der Waals surface area contributed by atoms with Crippen LogP contribution in [0.25, 0.3) is 0 Å². The molecule has 2 rings (SSSR count). The minimum absolute atomic E-state index is 0.137. The summed E-state index contributed by atoms with van der Waals surface area (Å²) in [7, 11) is 0. The number of anilines is 1. The second-order valence-electron chi connectivity index (χ2n) is 8.03. The molecule has 0 fully saturated rings. The van der Waals surface area contributed by atoms with Gasteiger partial charge in [-0.3, -0.25) is 14.9 Å². The largest absolute Gasteiger partial charge is 0.380 e. The summed E-state index contributed by atoms with van der Waals surface area (Å²) in [5.74, 6) is -0.156. The number of nitrogens with zero attached hydrogens (tertiary/aromatic N) is 2. The lowest BCUT2D eigenvalue weighted by atomic mass is 9.68. The van der Waals surface area contributed by atoms with Crippen LogP contribution in [0, 0.1) is 21.4 Å². The molecule has 0 aliphatic heterocycles. The van der Waals surface area contributed by atoms with Gasteiger partial charge in [-0.15, -0.1) is 0 Å². The van der Waals surface area contributed by atoms with Crippen LogP contribution >= 0.6 is 0 Å². The number of nitro benzene ring substituents is 1. The van der Waals surface area contributed by atoms with Crippen molar-refractivity contribution in [1.29, 1.82) is 0 Å². The Balaban J connectivity index is 2.10. The minimum Gasteiger partial charge on any atom is -0.380 e. The minimum atomic E-state index is -0.506. The number of hydrazone groups is 1. The van der Waals surface area contributed by atoms with E-state index in [4.69, 9.17) is 0 Å². The van der Waals surface area contributed by atoms with Crippen LogP contribution in [0.2, 0.25) is 0 Å². The molecular weight excluding hydrogens is 368 g/mol. The average Bonchev–Trinajstić information content (AvgIpc) is 2.65. The highest BCUT2D eigenvalue weighted by molar-refractivity contribution is 5.98. The lowest BCUT2D eigenvalue weighted by molar-refractivity contribution is -0.384. The van der Waals surface area contributed by atoms with Gasteiger partial charge in [-0.25, -0.2) is 5.43 Å². The van der Waals surface area contributed by atoms with Crippen molar-refractivity contribution in [3.05, 3.63) is 57.7 Å². The molecule has 29 heavy (non-hydrogen) atoms. The fraction of sp³-hybridized carbons (Fsp3) is 0.455. The van der Waals surface area contributed by atoms with E-state index in [0.717, 1.165) is 12.8 Å². The predicted molar refractivity (Wildman–Crippen MR) is 117 cm³/mol. The van der Waals surface area contributed by atoms with Gasteiger partial charge in [-0.05, 0) is 57.2 Å². The topological polar surface area (TPSA) is 96.6 Å². The molecule has 0 unspecified atom stereocenters. The molecule has 7 nitrogen and oxygen atoms in total. The number of nitro groups is 1. The van der Waals surface area contributed by atoms with Crippen molar-refractivity contribution < 1.29 is 9.72 Å². The van der Waals surface area contributed by atoms with E-state index in [2.05, 4.69) is 48.8 Å². The molecule has 156 valence electrons. The van der Waals surface area contributed by atoms with Crippen LogP contribution in [-0.2, 0) is 0 Å². The highest BCUT2D eigenvalue weighted by atomic mass is 16.6. The summed E-state index contributed by atoms with van der Waals surface area (Å²) in [6.45, 7) is 10.9. The maximum atomic E-state index is 12.4. The summed E-state index contributed by atoms with van der Waals surface area (Å²) in [6, 6.07) is 4.33. The normalized spacial score (nSPS) is 19.0. The Morgan fingerprint density at radius 3 is 2.76 bits per heavy atom. The van der Waals surface area contributed by atoms with Crippen LogP contribution in [0.3, 0.4) is 0 Å². The number of amides is 1. The quantitative estimate of drug-likeness (QED) is 0.290. The van der Waals surface area contributed by atoms with Gasteiger partial charge in [0.1, 0.15) is 5.69 Å². The third-order valence-corrected chi connectivity index (χ3v) is 5.27. The molecule has 0 saturated carbocycles. The summed E-state index contributed by atoms with van der Waals surface area (Å²) < 4.78 is 0. The van der Waals surface area contributed by atoms with E-state index in [1.807, 2.05) is 19.9 Å². The molecule has 2 N–H and O–H groups in total. The fourth-order valence-electron chi connectivity index (χ4n) is 3.62. The zero-order valence-electron chi connectivity index (χ0n) is 17.8. The predicted octanol–water partition coefficient (Wildman–Crippen LogP) is 5.07. The molecular formula is C22H30N4O3. The molecule has 1 aromatic carbocycles. The van der Waals surface area contributed by atoms with Crippen molar-refractivity contribution >= 4 is 23.0 Å².